The van der Waals surface area contributed by atoms with Crippen LogP contribution in [0.5, 0.6) is 11.5 Å². The van der Waals surface area contributed by atoms with Crippen molar-refractivity contribution in [1.82, 2.24) is 4.90 Å². The van der Waals surface area contributed by atoms with E-state index in [1.807, 2.05) is 0 Å². The van der Waals surface area contributed by atoms with Gasteiger partial charge in [-0.2, -0.15) is 0 Å². The average Bonchev–Trinajstić information content (AvgIpc) is 2.80. The molecule has 0 aromatic heterocycles. The predicted molar refractivity (Wildman–Crippen MR) is 117 cm³/mol. The third-order valence-corrected chi connectivity index (χ3v) is 6.33. The molecule has 172 valence electrons. The fourth-order valence-electron chi connectivity index (χ4n) is 3.32. The van der Waals surface area contributed by atoms with Gasteiger partial charge in [0.15, 0.2) is 11.5 Å². The highest BCUT2D eigenvalue weighted by Gasteiger charge is 2.21. The second-order valence-electron chi connectivity index (χ2n) is 7.39. The van der Waals surface area contributed by atoms with Crippen molar-refractivity contribution in [3.8, 4) is 11.5 Å². The molecular weight excluding hydrogens is 454 g/mol. The number of hydrogen-bond donors (Lipinski definition) is 1. The lowest BCUT2D eigenvalue weighted by Gasteiger charge is -2.19. The molecule has 0 saturated heterocycles. The molecule has 7 nitrogen and oxygen atoms in total. The number of sulfonamides is 1. The van der Waals surface area contributed by atoms with Gasteiger partial charge in [0.2, 0.25) is 0 Å². The van der Waals surface area contributed by atoms with Crippen LogP contribution in [0.3, 0.4) is 0 Å². The normalized spacial score (nSPS) is 12.8. The number of halogens is 2. The molecule has 1 aliphatic rings. The number of fused-ring (bicyclic) bond motifs is 1. The van der Waals surface area contributed by atoms with Crippen molar-refractivity contribution < 1.29 is 31.5 Å². The number of nitrogens with one attached hydrogen (secondary N) is 1. The molecule has 0 saturated carbocycles. The molecule has 0 radical (unpaired) electrons. The number of benzene rings is 3. The first kappa shape index (κ1) is 22.5. The molecule has 1 N–H and O–H groups in total. The Kier molecular flexibility index (Phi) is 6.19. The molecule has 10 heteroatoms. The van der Waals surface area contributed by atoms with Gasteiger partial charge in [0.25, 0.3) is 15.9 Å². The Morgan fingerprint density at radius 2 is 1.76 bits per heavy atom. The largest absolute Gasteiger partial charge is 0.486 e. The molecule has 0 unspecified atom stereocenters. The molecule has 1 heterocycles. The molecule has 1 aliphatic heterocycles. The van der Waals surface area contributed by atoms with E-state index in [4.69, 9.17) is 9.47 Å². The summed E-state index contributed by atoms with van der Waals surface area (Å²) in [5.74, 6) is -1.12. The zero-order valence-electron chi connectivity index (χ0n) is 17.5. The minimum absolute atomic E-state index is 0.0209. The van der Waals surface area contributed by atoms with Crippen LogP contribution in [0.2, 0.25) is 0 Å². The van der Waals surface area contributed by atoms with Gasteiger partial charge in [-0.3, -0.25) is 9.52 Å². The first-order chi connectivity index (χ1) is 15.7. The Morgan fingerprint density at radius 1 is 1.00 bits per heavy atom. The first-order valence-corrected chi connectivity index (χ1v) is 11.4. The lowest BCUT2D eigenvalue weighted by molar-refractivity contribution is 0.0784. The topological polar surface area (TPSA) is 84.9 Å². The van der Waals surface area contributed by atoms with Gasteiger partial charge < -0.3 is 14.4 Å². The Labute approximate surface area is 189 Å². The van der Waals surface area contributed by atoms with E-state index >= 15 is 0 Å². The molecule has 0 atom stereocenters. The van der Waals surface area contributed by atoms with Crippen LogP contribution in [-0.4, -0.2) is 39.5 Å². The number of carbonyl (C=O) groups excluding carboxylic acids is 1. The van der Waals surface area contributed by atoms with E-state index in [0.29, 0.717) is 24.7 Å². The highest BCUT2D eigenvalue weighted by atomic mass is 32.2. The van der Waals surface area contributed by atoms with Gasteiger partial charge in [-0.05, 0) is 36.4 Å². The summed E-state index contributed by atoms with van der Waals surface area (Å²) >= 11 is 0. The van der Waals surface area contributed by atoms with Crippen LogP contribution in [0.4, 0.5) is 14.5 Å². The summed E-state index contributed by atoms with van der Waals surface area (Å²) in [7, 11) is -2.49. The molecule has 0 aliphatic carbocycles. The summed E-state index contributed by atoms with van der Waals surface area (Å²) < 4.78 is 66.0. The number of amides is 1. The maximum Gasteiger partial charge on any atom is 0.262 e. The number of rotatable bonds is 6. The van der Waals surface area contributed by atoms with Crippen molar-refractivity contribution >= 4 is 21.6 Å². The van der Waals surface area contributed by atoms with Gasteiger partial charge in [0.05, 0.1) is 4.90 Å². The van der Waals surface area contributed by atoms with Crippen LogP contribution in [-0.2, 0) is 16.6 Å². The first-order valence-electron chi connectivity index (χ1n) is 9.95. The van der Waals surface area contributed by atoms with Gasteiger partial charge in [-0.1, -0.05) is 12.1 Å². The summed E-state index contributed by atoms with van der Waals surface area (Å²) in [6, 6.07) is 13.4. The zero-order chi connectivity index (χ0) is 23.6. The van der Waals surface area contributed by atoms with Crippen LogP contribution >= 0.6 is 0 Å². The molecule has 4 rings (SSSR count). The van der Waals surface area contributed by atoms with Crippen molar-refractivity contribution in [1.29, 1.82) is 0 Å². The minimum atomic E-state index is -3.96. The average molecular weight is 474 g/mol. The van der Waals surface area contributed by atoms with Gasteiger partial charge in [0, 0.05) is 42.5 Å². The third-order valence-electron chi connectivity index (χ3n) is 4.96. The number of anilines is 1. The number of carbonyl (C=O) groups is 1. The highest BCUT2D eigenvalue weighted by molar-refractivity contribution is 7.92. The second-order valence-corrected chi connectivity index (χ2v) is 9.07. The van der Waals surface area contributed by atoms with Gasteiger partial charge in [0.1, 0.15) is 24.8 Å². The Hall–Kier alpha value is -3.66. The third kappa shape index (κ3) is 5.06. The van der Waals surface area contributed by atoms with Crippen molar-refractivity contribution in [3.05, 3.63) is 83.4 Å². The summed E-state index contributed by atoms with van der Waals surface area (Å²) in [5, 5.41) is 0. The smallest absolute Gasteiger partial charge is 0.262 e. The summed E-state index contributed by atoms with van der Waals surface area (Å²) in [6.07, 6.45) is 0. The summed E-state index contributed by atoms with van der Waals surface area (Å²) in [5.41, 5.74) is 0.530. The number of ether oxygens (including phenoxy) is 2. The van der Waals surface area contributed by atoms with Crippen LogP contribution < -0.4 is 14.2 Å². The van der Waals surface area contributed by atoms with Crippen molar-refractivity contribution in [3.63, 3.8) is 0 Å². The van der Waals surface area contributed by atoms with E-state index in [1.54, 1.807) is 0 Å². The lowest BCUT2D eigenvalue weighted by Crippen LogP contribution is -2.26. The second kappa shape index (κ2) is 9.07. The van der Waals surface area contributed by atoms with Crippen LogP contribution in [0.1, 0.15) is 15.9 Å². The Bertz CT molecular complexity index is 1310. The van der Waals surface area contributed by atoms with E-state index in [9.17, 15) is 22.0 Å². The van der Waals surface area contributed by atoms with E-state index in [2.05, 4.69) is 4.72 Å². The van der Waals surface area contributed by atoms with Crippen LogP contribution in [0.15, 0.2) is 65.6 Å². The zero-order valence-corrected chi connectivity index (χ0v) is 18.4. The van der Waals surface area contributed by atoms with Gasteiger partial charge in [-0.15, -0.1) is 0 Å². The SMILES string of the molecule is CN(Cc1ccc(F)cc1F)C(=O)c1cccc(NS(=O)(=O)c2ccc3c(c2)OCCO3)c1. The van der Waals surface area contributed by atoms with Crippen LogP contribution in [0, 0.1) is 11.6 Å². The fourth-order valence-corrected chi connectivity index (χ4v) is 4.38. The van der Waals surface area contributed by atoms with E-state index in [1.165, 1.54) is 60.5 Å². The maximum atomic E-state index is 13.9. The molecule has 0 bridgehead atoms. The van der Waals surface area contributed by atoms with Gasteiger partial charge in [-0.25, -0.2) is 17.2 Å². The molecule has 1 amide bonds. The van der Waals surface area contributed by atoms with Crippen LogP contribution in [0.25, 0.3) is 0 Å². The number of nitrogens with zero attached hydrogens (tertiary/aromatic N) is 1. The fraction of sp³-hybridized carbons (Fsp3) is 0.174. The van der Waals surface area contributed by atoms with Crippen molar-refractivity contribution in [2.75, 3.05) is 25.0 Å². The monoisotopic (exact) mass is 474 g/mol. The molecule has 33 heavy (non-hydrogen) atoms. The summed E-state index contributed by atoms with van der Waals surface area (Å²) in [6.45, 7) is 0.627. The van der Waals surface area contributed by atoms with E-state index in [0.717, 1.165) is 12.1 Å². The van der Waals surface area contributed by atoms with Gasteiger partial charge >= 0.3 is 0 Å². The van der Waals surface area contributed by atoms with E-state index < -0.39 is 27.6 Å². The molecule has 0 fully saturated rings. The minimum Gasteiger partial charge on any atom is -0.486 e. The van der Waals surface area contributed by atoms with E-state index in [-0.39, 0.29) is 28.3 Å². The highest BCUT2D eigenvalue weighted by Crippen LogP contribution is 2.32. The lowest BCUT2D eigenvalue weighted by atomic mass is 10.1. The Balaban J connectivity index is 1.50. The van der Waals surface area contributed by atoms with Crippen molar-refractivity contribution in [2.24, 2.45) is 0 Å². The van der Waals surface area contributed by atoms with Crippen molar-refractivity contribution in [2.45, 2.75) is 11.4 Å². The quantitative estimate of drug-likeness (QED) is 0.587. The summed E-state index contributed by atoms with van der Waals surface area (Å²) in [4.78, 5) is 14.0. The standard InChI is InChI=1S/C23H20F2N2O5S/c1-27(14-16-5-6-17(24)12-20(16)25)23(28)15-3-2-4-18(11-15)26-33(29,30)19-7-8-21-22(13-19)32-10-9-31-21/h2-8,11-13,26H,9-10,14H2,1H3. The molecule has 0 spiro atoms. The number of hydrogen-bond acceptors (Lipinski definition) is 5. The Morgan fingerprint density at radius 3 is 2.52 bits per heavy atom. The molecule has 3 aromatic carbocycles. The maximum absolute atomic E-state index is 13.9. The predicted octanol–water partition coefficient (Wildman–Crippen LogP) is 3.81. The molecular formula is C23H20F2N2O5S. The molecule has 3 aromatic rings.